The van der Waals surface area contributed by atoms with Crippen LogP contribution in [0.2, 0.25) is 13.1 Å². The van der Waals surface area contributed by atoms with Gasteiger partial charge in [-0.2, -0.15) is 6.07 Å². The van der Waals surface area contributed by atoms with Crippen LogP contribution in [0.1, 0.15) is 48.2 Å². The van der Waals surface area contributed by atoms with Gasteiger partial charge >= 0.3 is 26.2 Å². The molecule has 0 amide bonds. The van der Waals surface area contributed by atoms with Crippen molar-refractivity contribution in [1.82, 2.24) is 0 Å². The maximum Gasteiger partial charge on any atom is 3.00 e. The SMILES string of the molecule is CC(C)c1cc2c(-c3ccccc3)cccc2[cH-]1.CC1=C2c3ccsc3C1[Si]2(C)C.[Cl-].[Cl-].[Zr+3]. The molecule has 4 aromatic rings. The molecular weight excluding hydrogens is 559 g/mol. The Hall–Kier alpha value is -0.830. The average Bonchev–Trinajstić information content (AvgIpc) is 3.45. The van der Waals surface area contributed by atoms with Gasteiger partial charge in [0.2, 0.25) is 0 Å². The van der Waals surface area contributed by atoms with Gasteiger partial charge in [-0.25, -0.2) is 0 Å². The zero-order valence-electron chi connectivity index (χ0n) is 19.7. The van der Waals surface area contributed by atoms with Crippen LogP contribution in [0, 0.1) is 0 Å². The number of allylic oxidation sites excluding steroid dienone is 1. The molecule has 1 aliphatic carbocycles. The predicted molar refractivity (Wildman–Crippen MR) is 136 cm³/mol. The van der Waals surface area contributed by atoms with Gasteiger partial charge in [0.25, 0.3) is 0 Å². The van der Waals surface area contributed by atoms with Crippen LogP contribution < -0.4 is 24.8 Å². The Kier molecular flexibility index (Phi) is 9.33. The molecule has 0 N–H and O–H groups in total. The topological polar surface area (TPSA) is 0 Å². The van der Waals surface area contributed by atoms with Crippen LogP contribution in [0.5, 0.6) is 0 Å². The van der Waals surface area contributed by atoms with Crippen molar-refractivity contribution in [2.45, 2.75) is 45.3 Å². The van der Waals surface area contributed by atoms with Crippen LogP contribution in [0.15, 0.2) is 77.7 Å². The first-order valence-electron chi connectivity index (χ1n) is 10.9. The molecule has 1 radical (unpaired) electrons. The molecule has 3 heterocycles. The molecule has 1 aromatic heterocycles. The standard InChI is InChI=1S/C18H17.C10H12SSi.2ClH.Zr/c1-13(2)16-11-15-9-6-10-17(18(15)12-16)14-7-4-3-5-8-14;1-6-9-7-4-5-11-8(7)10(6)12(9,2)3;;;/h3-13H,1-2H3;4-5,10H,1-3H3;2*1H;/q-1;;;;+3/p-2. The largest absolute Gasteiger partial charge is 3.00 e. The minimum absolute atomic E-state index is 0. The molecule has 1 unspecified atom stereocenters. The van der Waals surface area contributed by atoms with Gasteiger partial charge in [-0.1, -0.05) is 79.7 Å². The van der Waals surface area contributed by atoms with E-state index in [4.69, 9.17) is 0 Å². The molecule has 0 spiro atoms. The molecule has 0 nitrogen and oxygen atoms in total. The molecule has 1 atom stereocenters. The quantitative estimate of drug-likeness (QED) is 0.250. The summed E-state index contributed by atoms with van der Waals surface area (Å²) in [5.74, 6) is 0.584. The normalized spacial score (nSPS) is 16.6. The second-order valence-electron chi connectivity index (χ2n) is 9.53. The van der Waals surface area contributed by atoms with Gasteiger partial charge in [-0.3, -0.25) is 0 Å². The monoisotopic (exact) mass is 585 g/mol. The first-order chi connectivity index (χ1) is 14.4. The minimum Gasteiger partial charge on any atom is -1.00 e. The molecular formula is C28H29Cl2SSiZr. The second-order valence-corrected chi connectivity index (χ2v) is 15.0. The zero-order chi connectivity index (χ0) is 21.0. The number of hydrogen-bond donors (Lipinski definition) is 0. The van der Waals surface area contributed by atoms with Crippen LogP contribution >= 0.6 is 11.3 Å². The Morgan fingerprint density at radius 1 is 0.909 bits per heavy atom. The number of fused-ring (bicyclic) bond motifs is 1. The Bertz CT molecular complexity index is 1270. The Balaban J connectivity index is 0.000000227. The van der Waals surface area contributed by atoms with E-state index in [2.05, 4.69) is 106 Å². The van der Waals surface area contributed by atoms with Gasteiger partial charge in [0, 0.05) is 10.4 Å². The number of rotatable bonds is 2. The van der Waals surface area contributed by atoms with Crippen molar-refractivity contribution in [2.75, 3.05) is 0 Å². The zero-order valence-corrected chi connectivity index (χ0v) is 25.5. The van der Waals surface area contributed by atoms with E-state index in [-0.39, 0.29) is 51.0 Å². The molecule has 2 aliphatic heterocycles. The van der Waals surface area contributed by atoms with Crippen molar-refractivity contribution >= 4 is 35.4 Å². The van der Waals surface area contributed by atoms with Gasteiger partial charge < -0.3 is 24.8 Å². The number of benzene rings is 2. The van der Waals surface area contributed by atoms with E-state index in [0.717, 1.165) is 5.54 Å². The van der Waals surface area contributed by atoms with Gasteiger partial charge in [0.1, 0.15) is 0 Å². The second kappa shape index (κ2) is 10.8. The maximum atomic E-state index is 2.51. The fraction of sp³-hybridized carbons (Fsp3) is 0.250. The smallest absolute Gasteiger partial charge is 1.00 e. The van der Waals surface area contributed by atoms with Crippen LogP contribution in [0.4, 0.5) is 0 Å². The summed E-state index contributed by atoms with van der Waals surface area (Å²) in [6.07, 6.45) is 0. The third-order valence-corrected chi connectivity index (χ3v) is 12.3. The number of halogens is 2. The van der Waals surface area contributed by atoms with Gasteiger partial charge in [0.05, 0.1) is 8.07 Å². The molecule has 33 heavy (non-hydrogen) atoms. The molecule has 5 heteroatoms. The Morgan fingerprint density at radius 3 is 2.21 bits per heavy atom. The van der Waals surface area contributed by atoms with Crippen molar-refractivity contribution in [2.24, 2.45) is 0 Å². The summed E-state index contributed by atoms with van der Waals surface area (Å²) in [4.78, 5) is 1.68. The van der Waals surface area contributed by atoms with Crippen LogP contribution in [0.3, 0.4) is 0 Å². The third-order valence-electron chi connectivity index (χ3n) is 6.94. The molecule has 3 aliphatic rings. The molecule has 2 bridgehead atoms. The van der Waals surface area contributed by atoms with E-state index in [1.54, 1.807) is 21.2 Å². The van der Waals surface area contributed by atoms with Gasteiger partial charge in [-0.15, -0.1) is 45.9 Å². The van der Waals surface area contributed by atoms with Crippen molar-refractivity contribution < 1.29 is 51.0 Å². The molecule has 0 saturated carbocycles. The van der Waals surface area contributed by atoms with Crippen molar-refractivity contribution in [3.8, 4) is 11.1 Å². The number of thiophene rings is 1. The molecule has 0 saturated heterocycles. The molecule has 3 aromatic carbocycles. The molecule has 7 rings (SSSR count). The maximum absolute atomic E-state index is 2.51. The summed E-state index contributed by atoms with van der Waals surface area (Å²) < 4.78 is 0. The van der Waals surface area contributed by atoms with Gasteiger partial charge in [-0.05, 0) is 35.4 Å². The van der Waals surface area contributed by atoms with Crippen LogP contribution in [-0.2, 0) is 26.2 Å². The van der Waals surface area contributed by atoms with Crippen molar-refractivity contribution in [3.63, 3.8) is 0 Å². The summed E-state index contributed by atoms with van der Waals surface area (Å²) in [5, 5.41) is 6.73. The van der Waals surface area contributed by atoms with E-state index < -0.39 is 8.07 Å². The first-order valence-corrected chi connectivity index (χ1v) is 14.9. The van der Waals surface area contributed by atoms with E-state index in [1.165, 1.54) is 27.5 Å². The van der Waals surface area contributed by atoms with Crippen LogP contribution in [-0.4, -0.2) is 8.07 Å². The fourth-order valence-electron chi connectivity index (χ4n) is 5.56. The van der Waals surface area contributed by atoms with Crippen LogP contribution in [0.25, 0.3) is 27.1 Å². The minimum atomic E-state index is -0.972. The average molecular weight is 588 g/mol. The van der Waals surface area contributed by atoms with E-state index in [9.17, 15) is 0 Å². The summed E-state index contributed by atoms with van der Waals surface area (Å²) in [6, 6.07) is 24.1. The van der Waals surface area contributed by atoms with Crippen molar-refractivity contribution in [3.05, 3.63) is 93.7 Å². The van der Waals surface area contributed by atoms with E-state index in [1.807, 2.05) is 11.3 Å². The molecule has 169 valence electrons. The van der Waals surface area contributed by atoms with Gasteiger partial charge in [0.15, 0.2) is 0 Å². The first kappa shape index (κ1) is 28.4. The predicted octanol–water partition coefficient (Wildman–Crippen LogP) is 2.77. The number of hydrogen-bond acceptors (Lipinski definition) is 1. The summed E-state index contributed by atoms with van der Waals surface area (Å²) in [5.41, 5.74) is 8.24. The Labute approximate surface area is 234 Å². The fourth-order valence-corrected chi connectivity index (χ4v) is 11.9. The Morgan fingerprint density at radius 2 is 1.61 bits per heavy atom. The summed E-state index contributed by atoms with van der Waals surface area (Å²) in [7, 11) is -0.972. The third kappa shape index (κ3) is 4.69. The van der Waals surface area contributed by atoms with Crippen molar-refractivity contribution in [1.29, 1.82) is 0 Å². The summed E-state index contributed by atoms with van der Waals surface area (Å²) in [6.45, 7) is 11.8. The summed E-state index contributed by atoms with van der Waals surface area (Å²) >= 11 is 1.96. The molecule has 0 fully saturated rings. The van der Waals surface area contributed by atoms with E-state index >= 15 is 0 Å². The van der Waals surface area contributed by atoms with E-state index in [0.29, 0.717) is 5.92 Å².